The summed E-state index contributed by atoms with van der Waals surface area (Å²) in [5.41, 5.74) is 1.80. The minimum absolute atomic E-state index is 0.0934. The van der Waals surface area contributed by atoms with Crippen LogP contribution in [-0.2, 0) is 6.42 Å². The van der Waals surface area contributed by atoms with Crippen LogP contribution in [0, 0.1) is 5.82 Å². The summed E-state index contributed by atoms with van der Waals surface area (Å²) in [6.45, 7) is 4.34. The summed E-state index contributed by atoms with van der Waals surface area (Å²) in [7, 11) is 0. The Balaban J connectivity index is 2.82. The molecule has 0 aromatic heterocycles. The Bertz CT molecular complexity index is 319. The first kappa shape index (κ1) is 13.2. The number of hydrogen-bond acceptors (Lipinski definition) is 1. The Labute approximate surface area is 97.3 Å². The molecule has 1 aromatic rings. The summed E-state index contributed by atoms with van der Waals surface area (Å²) in [5.74, 6) is 0.232. The lowest BCUT2D eigenvalue weighted by molar-refractivity contribution is 0.288. The van der Waals surface area contributed by atoms with E-state index in [0.29, 0.717) is 12.3 Å². The maximum absolute atomic E-state index is 13.8. The second-order valence-corrected chi connectivity index (χ2v) is 4.20. The smallest absolute Gasteiger partial charge is 0.126 e. The van der Waals surface area contributed by atoms with E-state index in [-0.39, 0.29) is 12.4 Å². The first-order valence-corrected chi connectivity index (χ1v) is 6.12. The van der Waals surface area contributed by atoms with E-state index in [0.717, 1.165) is 30.4 Å². The van der Waals surface area contributed by atoms with Gasteiger partial charge < -0.3 is 5.11 Å². The van der Waals surface area contributed by atoms with Crippen LogP contribution in [0.15, 0.2) is 18.2 Å². The van der Waals surface area contributed by atoms with Crippen molar-refractivity contribution in [1.29, 1.82) is 0 Å². The van der Waals surface area contributed by atoms with Crippen LogP contribution >= 0.6 is 0 Å². The predicted octanol–water partition coefficient (Wildman–Crippen LogP) is 3.65. The van der Waals surface area contributed by atoms with Crippen LogP contribution in [0.5, 0.6) is 0 Å². The van der Waals surface area contributed by atoms with Gasteiger partial charge >= 0.3 is 0 Å². The van der Waals surface area contributed by atoms with Gasteiger partial charge in [0.2, 0.25) is 0 Å². The lowest BCUT2D eigenvalue weighted by atomic mass is 9.92. The minimum Gasteiger partial charge on any atom is -0.396 e. The van der Waals surface area contributed by atoms with Crippen LogP contribution in [-0.4, -0.2) is 11.7 Å². The van der Waals surface area contributed by atoms with Crippen molar-refractivity contribution in [3.8, 4) is 0 Å². The van der Waals surface area contributed by atoms with E-state index in [4.69, 9.17) is 5.11 Å². The number of rotatable bonds is 6. The highest BCUT2D eigenvalue weighted by atomic mass is 19.1. The van der Waals surface area contributed by atoms with Gasteiger partial charge in [-0.25, -0.2) is 4.39 Å². The van der Waals surface area contributed by atoms with Gasteiger partial charge in [-0.1, -0.05) is 26.0 Å². The van der Waals surface area contributed by atoms with Crippen molar-refractivity contribution in [3.05, 3.63) is 35.1 Å². The number of halogens is 1. The summed E-state index contributed by atoms with van der Waals surface area (Å²) in [4.78, 5) is 0. The number of hydrogen-bond donors (Lipinski definition) is 1. The lowest BCUT2D eigenvalue weighted by Crippen LogP contribution is -2.00. The summed E-state index contributed by atoms with van der Waals surface area (Å²) in [6, 6.07) is 5.50. The first-order chi connectivity index (χ1) is 7.72. The van der Waals surface area contributed by atoms with E-state index < -0.39 is 0 Å². The van der Waals surface area contributed by atoms with Gasteiger partial charge in [0.25, 0.3) is 0 Å². The monoisotopic (exact) mass is 224 g/mol. The molecular weight excluding hydrogens is 203 g/mol. The quantitative estimate of drug-likeness (QED) is 0.782. The molecule has 0 saturated carbocycles. The Hall–Kier alpha value is -0.890. The topological polar surface area (TPSA) is 20.2 Å². The number of benzene rings is 1. The molecule has 2 heteroatoms. The fourth-order valence-electron chi connectivity index (χ4n) is 2.07. The molecule has 0 spiro atoms. The third-order valence-corrected chi connectivity index (χ3v) is 3.11. The molecule has 0 unspecified atom stereocenters. The summed E-state index contributed by atoms with van der Waals surface area (Å²) in [6.07, 6.45) is 3.40. The standard InChI is InChI=1S/C14H21FO/c1-3-12(4-2)13-8-7-11(6-5-9-16)10-14(13)15/h7-8,10,12,16H,3-6,9H2,1-2H3. The van der Waals surface area contributed by atoms with Gasteiger partial charge in [0.05, 0.1) is 0 Å². The van der Waals surface area contributed by atoms with E-state index in [1.54, 1.807) is 6.07 Å². The largest absolute Gasteiger partial charge is 0.396 e. The van der Waals surface area contributed by atoms with E-state index in [1.807, 2.05) is 12.1 Å². The fourth-order valence-corrected chi connectivity index (χ4v) is 2.07. The van der Waals surface area contributed by atoms with Gasteiger partial charge in [-0.15, -0.1) is 0 Å². The molecule has 0 saturated heterocycles. The molecule has 0 aliphatic carbocycles. The second kappa shape index (κ2) is 6.64. The molecule has 0 bridgehead atoms. The van der Waals surface area contributed by atoms with Crippen LogP contribution in [0.25, 0.3) is 0 Å². The van der Waals surface area contributed by atoms with Crippen molar-refractivity contribution in [1.82, 2.24) is 0 Å². The number of aliphatic hydroxyl groups excluding tert-OH is 1. The van der Waals surface area contributed by atoms with E-state index in [1.165, 1.54) is 0 Å². The minimum atomic E-state index is -0.0934. The van der Waals surface area contributed by atoms with Gasteiger partial charge in [-0.05, 0) is 48.8 Å². The van der Waals surface area contributed by atoms with Crippen LogP contribution in [0.1, 0.15) is 50.2 Å². The molecular formula is C14H21FO. The first-order valence-electron chi connectivity index (χ1n) is 6.12. The molecule has 0 atom stereocenters. The molecule has 0 aliphatic heterocycles. The van der Waals surface area contributed by atoms with Crippen molar-refractivity contribution in [2.75, 3.05) is 6.61 Å². The van der Waals surface area contributed by atoms with Crippen LogP contribution in [0.3, 0.4) is 0 Å². The molecule has 1 aromatic carbocycles. The predicted molar refractivity (Wildman–Crippen MR) is 65.1 cm³/mol. The Morgan fingerprint density at radius 2 is 1.94 bits per heavy atom. The normalized spacial score (nSPS) is 11.1. The summed E-state index contributed by atoms with van der Waals surface area (Å²) in [5, 5.41) is 8.72. The van der Waals surface area contributed by atoms with Gasteiger partial charge in [0, 0.05) is 6.61 Å². The van der Waals surface area contributed by atoms with E-state index in [9.17, 15) is 4.39 Å². The fraction of sp³-hybridized carbons (Fsp3) is 0.571. The highest BCUT2D eigenvalue weighted by Crippen LogP contribution is 2.26. The SMILES string of the molecule is CCC(CC)c1ccc(CCCO)cc1F. The van der Waals surface area contributed by atoms with Crippen molar-refractivity contribution >= 4 is 0 Å². The summed E-state index contributed by atoms with van der Waals surface area (Å²) < 4.78 is 13.8. The van der Waals surface area contributed by atoms with Crippen molar-refractivity contribution in [3.63, 3.8) is 0 Å². The van der Waals surface area contributed by atoms with Crippen LogP contribution < -0.4 is 0 Å². The zero-order valence-electron chi connectivity index (χ0n) is 10.2. The molecule has 1 nitrogen and oxygen atoms in total. The lowest BCUT2D eigenvalue weighted by Gasteiger charge is -2.14. The third kappa shape index (κ3) is 3.31. The van der Waals surface area contributed by atoms with Crippen molar-refractivity contribution in [2.45, 2.75) is 45.4 Å². The molecule has 0 amide bonds. The molecule has 0 fully saturated rings. The Morgan fingerprint density at radius 1 is 1.25 bits per heavy atom. The highest BCUT2D eigenvalue weighted by Gasteiger charge is 2.12. The van der Waals surface area contributed by atoms with Crippen LogP contribution in [0.2, 0.25) is 0 Å². The van der Waals surface area contributed by atoms with E-state index in [2.05, 4.69) is 13.8 Å². The van der Waals surface area contributed by atoms with Gasteiger partial charge in [-0.2, -0.15) is 0 Å². The maximum Gasteiger partial charge on any atom is 0.126 e. The zero-order chi connectivity index (χ0) is 12.0. The third-order valence-electron chi connectivity index (χ3n) is 3.11. The molecule has 0 aliphatic rings. The molecule has 0 radical (unpaired) electrons. The van der Waals surface area contributed by atoms with Crippen molar-refractivity contribution < 1.29 is 9.50 Å². The number of aryl methyl sites for hydroxylation is 1. The summed E-state index contributed by atoms with van der Waals surface area (Å²) >= 11 is 0. The van der Waals surface area contributed by atoms with Crippen molar-refractivity contribution in [2.24, 2.45) is 0 Å². The van der Waals surface area contributed by atoms with E-state index >= 15 is 0 Å². The highest BCUT2D eigenvalue weighted by molar-refractivity contribution is 5.27. The molecule has 90 valence electrons. The maximum atomic E-state index is 13.8. The molecule has 1 N–H and O–H groups in total. The average molecular weight is 224 g/mol. The molecule has 16 heavy (non-hydrogen) atoms. The van der Waals surface area contributed by atoms with Crippen LogP contribution in [0.4, 0.5) is 4.39 Å². The van der Waals surface area contributed by atoms with Gasteiger partial charge in [0.15, 0.2) is 0 Å². The molecule has 1 rings (SSSR count). The average Bonchev–Trinajstić information content (AvgIpc) is 2.30. The zero-order valence-corrected chi connectivity index (χ0v) is 10.2. The second-order valence-electron chi connectivity index (χ2n) is 4.20. The Kier molecular flexibility index (Phi) is 5.47. The molecule has 0 heterocycles. The Morgan fingerprint density at radius 3 is 2.44 bits per heavy atom. The number of aliphatic hydroxyl groups is 1. The van der Waals surface area contributed by atoms with Gasteiger partial charge in [0.1, 0.15) is 5.82 Å². The van der Waals surface area contributed by atoms with Gasteiger partial charge in [-0.3, -0.25) is 0 Å².